The molecule has 0 aromatic carbocycles. The standard InChI is InChI=1S/C19H26F2O2/c1-17-7-5-12(22)9-11(17)3-4-13-14(17)6-8-18(2)15(13)10-19(20,21)16(18)23/h9,13-16,23H,3-8,10H2,1-2H3/t13-,14+,15+,16-,17+,18+/m1/s1. The largest absolute Gasteiger partial charge is 0.386 e. The minimum absolute atomic E-state index is 0.000977. The Morgan fingerprint density at radius 1 is 1.13 bits per heavy atom. The van der Waals surface area contributed by atoms with Crippen molar-refractivity contribution in [3.05, 3.63) is 11.6 Å². The molecule has 4 rings (SSSR count). The minimum atomic E-state index is -2.95. The van der Waals surface area contributed by atoms with E-state index in [2.05, 4.69) is 6.92 Å². The van der Waals surface area contributed by atoms with Crippen LogP contribution < -0.4 is 0 Å². The number of carbonyl (C=O) groups is 1. The van der Waals surface area contributed by atoms with Gasteiger partial charge in [-0.1, -0.05) is 19.4 Å². The Morgan fingerprint density at radius 2 is 1.87 bits per heavy atom. The first-order valence-corrected chi connectivity index (χ1v) is 8.98. The van der Waals surface area contributed by atoms with E-state index < -0.39 is 17.4 Å². The van der Waals surface area contributed by atoms with Crippen LogP contribution in [0.1, 0.15) is 58.8 Å². The fourth-order valence-corrected chi connectivity index (χ4v) is 6.52. The molecule has 2 nitrogen and oxygen atoms in total. The number of rotatable bonds is 0. The molecule has 0 heterocycles. The van der Waals surface area contributed by atoms with E-state index in [4.69, 9.17) is 0 Å². The molecule has 0 spiro atoms. The lowest BCUT2D eigenvalue weighted by Crippen LogP contribution is -2.51. The quantitative estimate of drug-likeness (QED) is 0.727. The molecule has 6 atom stereocenters. The van der Waals surface area contributed by atoms with E-state index in [0.717, 1.165) is 25.7 Å². The summed E-state index contributed by atoms with van der Waals surface area (Å²) in [6, 6.07) is 0. The number of aliphatic hydroxyl groups is 1. The highest BCUT2D eigenvalue weighted by atomic mass is 19.3. The monoisotopic (exact) mass is 324 g/mol. The number of aliphatic hydroxyl groups excluding tert-OH is 1. The molecule has 0 radical (unpaired) electrons. The topological polar surface area (TPSA) is 37.3 Å². The fourth-order valence-electron chi connectivity index (χ4n) is 6.52. The molecular formula is C19H26F2O2. The van der Waals surface area contributed by atoms with Gasteiger partial charge >= 0.3 is 0 Å². The Balaban J connectivity index is 1.70. The maximum absolute atomic E-state index is 14.2. The van der Waals surface area contributed by atoms with Crippen molar-refractivity contribution < 1.29 is 18.7 Å². The van der Waals surface area contributed by atoms with Crippen LogP contribution in [-0.4, -0.2) is 22.9 Å². The third kappa shape index (κ3) is 1.96. The maximum Gasteiger partial charge on any atom is 0.274 e. The first-order valence-electron chi connectivity index (χ1n) is 8.98. The van der Waals surface area contributed by atoms with Gasteiger partial charge < -0.3 is 5.11 Å². The number of fused-ring (bicyclic) bond motifs is 5. The van der Waals surface area contributed by atoms with Crippen LogP contribution in [0.5, 0.6) is 0 Å². The number of alkyl halides is 2. The Morgan fingerprint density at radius 3 is 2.61 bits per heavy atom. The summed E-state index contributed by atoms with van der Waals surface area (Å²) in [6.07, 6.45) is 4.94. The van der Waals surface area contributed by atoms with E-state index in [1.54, 1.807) is 0 Å². The van der Waals surface area contributed by atoms with E-state index >= 15 is 0 Å². The van der Waals surface area contributed by atoms with Crippen LogP contribution in [0.3, 0.4) is 0 Å². The molecule has 0 aliphatic heterocycles. The van der Waals surface area contributed by atoms with Crippen molar-refractivity contribution in [1.29, 1.82) is 0 Å². The Labute approximate surface area is 136 Å². The number of hydrogen-bond acceptors (Lipinski definition) is 2. The van der Waals surface area contributed by atoms with Crippen LogP contribution >= 0.6 is 0 Å². The van der Waals surface area contributed by atoms with Crippen LogP contribution in [0.4, 0.5) is 8.78 Å². The summed E-state index contributed by atoms with van der Waals surface area (Å²) < 4.78 is 28.4. The van der Waals surface area contributed by atoms with Gasteiger partial charge in [0.15, 0.2) is 5.78 Å². The highest BCUT2D eigenvalue weighted by Crippen LogP contribution is 2.67. The van der Waals surface area contributed by atoms with Crippen molar-refractivity contribution in [2.45, 2.75) is 70.8 Å². The zero-order valence-corrected chi connectivity index (χ0v) is 13.9. The first kappa shape index (κ1) is 15.7. The molecule has 23 heavy (non-hydrogen) atoms. The number of allylic oxidation sites excluding steroid dienone is 1. The van der Waals surface area contributed by atoms with Crippen molar-refractivity contribution in [2.24, 2.45) is 28.6 Å². The molecule has 0 aromatic heterocycles. The summed E-state index contributed by atoms with van der Waals surface area (Å²) in [4.78, 5) is 11.8. The molecule has 0 amide bonds. The summed E-state index contributed by atoms with van der Waals surface area (Å²) >= 11 is 0. The van der Waals surface area contributed by atoms with Crippen LogP contribution in [0.25, 0.3) is 0 Å². The maximum atomic E-state index is 14.2. The van der Waals surface area contributed by atoms with Gasteiger partial charge in [-0.05, 0) is 61.3 Å². The second-order valence-electron chi connectivity index (χ2n) is 8.88. The lowest BCUT2D eigenvalue weighted by molar-refractivity contribution is -0.130. The molecule has 3 fully saturated rings. The van der Waals surface area contributed by atoms with Crippen molar-refractivity contribution >= 4 is 5.78 Å². The van der Waals surface area contributed by atoms with Gasteiger partial charge in [-0.3, -0.25) is 4.79 Å². The van der Waals surface area contributed by atoms with Crippen molar-refractivity contribution in [2.75, 3.05) is 0 Å². The zero-order valence-electron chi connectivity index (χ0n) is 13.9. The van der Waals surface area contributed by atoms with Gasteiger partial charge in [0, 0.05) is 18.3 Å². The average molecular weight is 324 g/mol. The zero-order chi connectivity index (χ0) is 16.6. The van der Waals surface area contributed by atoms with Gasteiger partial charge in [-0.25, -0.2) is 8.78 Å². The molecule has 4 heteroatoms. The minimum Gasteiger partial charge on any atom is -0.386 e. The second-order valence-corrected chi connectivity index (χ2v) is 8.88. The van der Waals surface area contributed by atoms with Crippen molar-refractivity contribution in [3.8, 4) is 0 Å². The molecule has 4 aliphatic rings. The summed E-state index contributed by atoms with van der Waals surface area (Å²) in [5.41, 5.74) is 0.608. The number of carbonyl (C=O) groups excluding carboxylic acids is 1. The van der Waals surface area contributed by atoms with E-state index in [1.165, 1.54) is 5.57 Å². The van der Waals surface area contributed by atoms with Crippen LogP contribution in [0.15, 0.2) is 11.6 Å². The molecule has 0 unspecified atom stereocenters. The van der Waals surface area contributed by atoms with Crippen molar-refractivity contribution in [3.63, 3.8) is 0 Å². The molecule has 1 N–H and O–H groups in total. The molecular weight excluding hydrogens is 298 g/mol. The number of halogens is 2. The second kappa shape index (κ2) is 4.65. The summed E-state index contributed by atoms with van der Waals surface area (Å²) in [7, 11) is 0. The van der Waals surface area contributed by atoms with E-state index in [-0.39, 0.29) is 29.5 Å². The number of ketones is 1. The molecule has 0 bridgehead atoms. The number of hydrogen-bond donors (Lipinski definition) is 1. The lowest BCUT2D eigenvalue weighted by Gasteiger charge is -2.57. The smallest absolute Gasteiger partial charge is 0.274 e. The molecule has 0 aromatic rings. The lowest BCUT2D eigenvalue weighted by atomic mass is 9.47. The van der Waals surface area contributed by atoms with Crippen LogP contribution in [-0.2, 0) is 4.79 Å². The third-order valence-electron chi connectivity index (χ3n) is 7.92. The van der Waals surface area contributed by atoms with Gasteiger partial charge in [0.25, 0.3) is 5.92 Å². The highest BCUT2D eigenvalue weighted by molar-refractivity contribution is 5.91. The van der Waals surface area contributed by atoms with Crippen LogP contribution in [0.2, 0.25) is 0 Å². The summed E-state index contributed by atoms with van der Waals surface area (Å²) in [5.74, 6) is -2.18. The summed E-state index contributed by atoms with van der Waals surface area (Å²) in [5, 5.41) is 10.2. The van der Waals surface area contributed by atoms with Crippen molar-refractivity contribution in [1.82, 2.24) is 0 Å². The molecule has 4 aliphatic carbocycles. The molecule has 3 saturated carbocycles. The molecule has 0 saturated heterocycles. The third-order valence-corrected chi connectivity index (χ3v) is 7.92. The first-order chi connectivity index (χ1) is 10.7. The Bertz CT molecular complexity index is 584. The predicted octanol–water partition coefficient (Wildman–Crippen LogP) is 4.12. The van der Waals surface area contributed by atoms with E-state index in [9.17, 15) is 18.7 Å². The normalized spacial score (nSPS) is 51.5. The summed E-state index contributed by atoms with van der Waals surface area (Å²) in [6.45, 7) is 4.12. The van der Waals surface area contributed by atoms with Gasteiger partial charge in [-0.2, -0.15) is 0 Å². The predicted molar refractivity (Wildman–Crippen MR) is 83.0 cm³/mol. The highest BCUT2D eigenvalue weighted by Gasteiger charge is 2.67. The Hall–Kier alpha value is -0.770. The van der Waals surface area contributed by atoms with E-state index in [0.29, 0.717) is 18.8 Å². The van der Waals surface area contributed by atoms with E-state index in [1.807, 2.05) is 13.0 Å². The average Bonchev–Trinajstić information content (AvgIpc) is 2.68. The Kier molecular flexibility index (Phi) is 3.18. The van der Waals surface area contributed by atoms with Gasteiger partial charge in [-0.15, -0.1) is 0 Å². The van der Waals surface area contributed by atoms with Gasteiger partial charge in [0.05, 0.1) is 0 Å². The van der Waals surface area contributed by atoms with Crippen LogP contribution in [0, 0.1) is 28.6 Å². The van der Waals surface area contributed by atoms with Gasteiger partial charge in [0.1, 0.15) is 6.10 Å². The fraction of sp³-hybridized carbons (Fsp3) is 0.842. The van der Waals surface area contributed by atoms with Gasteiger partial charge in [0.2, 0.25) is 0 Å². The SMILES string of the molecule is C[C@]12CC[C@H]3[C@@H](CCC4=CC(=O)CC[C@@]43C)[C@@H]1CC(F)(F)[C@@H]2O. The molecule has 128 valence electrons.